The van der Waals surface area contributed by atoms with Crippen LogP contribution in [0.4, 0.5) is 5.69 Å². The minimum Gasteiger partial charge on any atom is -0.371 e. The fraction of sp³-hybridized carbons (Fsp3) is 0.438. The summed E-state index contributed by atoms with van der Waals surface area (Å²) in [7, 11) is 0. The number of nitrogens with two attached hydrogens (primary N) is 1. The molecule has 3 heteroatoms. The number of para-hydroxylation sites is 1. The molecule has 2 rings (SSSR count). The summed E-state index contributed by atoms with van der Waals surface area (Å²) < 4.78 is 0. The standard InChI is InChI=1S/C16H23N3/c1-3-9-19(10-4-2)16-13(11-17)12-18-15-8-6-5-7-14(15)16/h5-8,12H,3-4,9-11,17H2,1-2H3. The Morgan fingerprint density at radius 3 is 2.42 bits per heavy atom. The lowest BCUT2D eigenvalue weighted by molar-refractivity contribution is 0.742. The Morgan fingerprint density at radius 1 is 1.11 bits per heavy atom. The van der Waals surface area contributed by atoms with Crippen LogP contribution in [0.5, 0.6) is 0 Å². The summed E-state index contributed by atoms with van der Waals surface area (Å²) in [5.41, 5.74) is 9.37. The fourth-order valence-electron chi connectivity index (χ4n) is 2.57. The number of pyridine rings is 1. The number of anilines is 1. The van der Waals surface area contributed by atoms with Gasteiger partial charge in [0.25, 0.3) is 0 Å². The zero-order valence-corrected chi connectivity index (χ0v) is 11.9. The zero-order chi connectivity index (χ0) is 13.7. The predicted molar refractivity (Wildman–Crippen MR) is 82.4 cm³/mol. The molecule has 0 saturated carbocycles. The largest absolute Gasteiger partial charge is 0.371 e. The first kappa shape index (κ1) is 13.8. The fourth-order valence-corrected chi connectivity index (χ4v) is 2.57. The van der Waals surface area contributed by atoms with Crippen LogP contribution in [0, 0.1) is 0 Å². The lowest BCUT2D eigenvalue weighted by Gasteiger charge is -2.27. The molecule has 0 saturated heterocycles. The monoisotopic (exact) mass is 257 g/mol. The van der Waals surface area contributed by atoms with Gasteiger partial charge in [-0.25, -0.2) is 0 Å². The molecule has 0 aliphatic carbocycles. The zero-order valence-electron chi connectivity index (χ0n) is 11.9. The molecule has 0 aliphatic rings. The number of aromatic nitrogens is 1. The molecule has 0 amide bonds. The molecule has 0 radical (unpaired) electrons. The predicted octanol–water partition coefficient (Wildman–Crippen LogP) is 3.32. The third-order valence-electron chi connectivity index (χ3n) is 3.35. The second kappa shape index (κ2) is 6.53. The van der Waals surface area contributed by atoms with Gasteiger partial charge in [0, 0.05) is 36.8 Å². The van der Waals surface area contributed by atoms with E-state index in [0.29, 0.717) is 6.54 Å². The first-order valence-corrected chi connectivity index (χ1v) is 7.13. The van der Waals surface area contributed by atoms with Crippen molar-refractivity contribution in [1.82, 2.24) is 4.98 Å². The highest BCUT2D eigenvalue weighted by molar-refractivity contribution is 5.93. The van der Waals surface area contributed by atoms with Gasteiger partial charge in [-0.15, -0.1) is 0 Å². The summed E-state index contributed by atoms with van der Waals surface area (Å²) in [5.74, 6) is 0. The van der Waals surface area contributed by atoms with Crippen molar-refractivity contribution < 1.29 is 0 Å². The van der Waals surface area contributed by atoms with E-state index in [1.807, 2.05) is 12.3 Å². The summed E-state index contributed by atoms with van der Waals surface area (Å²) in [6, 6.07) is 8.32. The van der Waals surface area contributed by atoms with Crippen molar-refractivity contribution in [2.24, 2.45) is 5.73 Å². The summed E-state index contributed by atoms with van der Waals surface area (Å²) in [4.78, 5) is 6.96. The number of hydrogen-bond acceptors (Lipinski definition) is 3. The number of rotatable bonds is 6. The van der Waals surface area contributed by atoms with Gasteiger partial charge in [0.15, 0.2) is 0 Å². The molecule has 2 aromatic rings. The maximum atomic E-state index is 5.91. The molecule has 19 heavy (non-hydrogen) atoms. The van der Waals surface area contributed by atoms with Crippen LogP contribution in [-0.2, 0) is 6.54 Å². The molecule has 1 aromatic carbocycles. The topological polar surface area (TPSA) is 42.1 Å². The van der Waals surface area contributed by atoms with E-state index in [0.717, 1.165) is 37.0 Å². The second-order valence-corrected chi connectivity index (χ2v) is 4.84. The van der Waals surface area contributed by atoms with E-state index in [4.69, 9.17) is 5.73 Å². The van der Waals surface area contributed by atoms with E-state index in [1.54, 1.807) is 0 Å². The summed E-state index contributed by atoms with van der Waals surface area (Å²) >= 11 is 0. The van der Waals surface area contributed by atoms with Crippen LogP contribution in [-0.4, -0.2) is 18.1 Å². The van der Waals surface area contributed by atoms with Crippen LogP contribution in [0.3, 0.4) is 0 Å². The third kappa shape index (κ3) is 2.87. The molecule has 0 unspecified atom stereocenters. The highest BCUT2D eigenvalue weighted by atomic mass is 15.1. The van der Waals surface area contributed by atoms with Gasteiger partial charge in [0.05, 0.1) is 11.2 Å². The van der Waals surface area contributed by atoms with Crippen molar-refractivity contribution in [2.45, 2.75) is 33.2 Å². The van der Waals surface area contributed by atoms with Crippen molar-refractivity contribution in [1.29, 1.82) is 0 Å². The third-order valence-corrected chi connectivity index (χ3v) is 3.35. The van der Waals surface area contributed by atoms with Gasteiger partial charge in [-0.2, -0.15) is 0 Å². The summed E-state index contributed by atoms with van der Waals surface area (Å²) in [6.45, 7) is 7.10. The van der Waals surface area contributed by atoms with E-state index < -0.39 is 0 Å². The van der Waals surface area contributed by atoms with Gasteiger partial charge >= 0.3 is 0 Å². The number of fused-ring (bicyclic) bond motifs is 1. The Labute approximate surface area is 115 Å². The van der Waals surface area contributed by atoms with Crippen molar-refractivity contribution in [2.75, 3.05) is 18.0 Å². The average Bonchev–Trinajstić information content (AvgIpc) is 2.46. The van der Waals surface area contributed by atoms with Crippen molar-refractivity contribution in [3.8, 4) is 0 Å². The second-order valence-electron chi connectivity index (χ2n) is 4.84. The van der Waals surface area contributed by atoms with Gasteiger partial charge in [0.2, 0.25) is 0 Å². The maximum absolute atomic E-state index is 5.91. The van der Waals surface area contributed by atoms with E-state index in [-0.39, 0.29) is 0 Å². The van der Waals surface area contributed by atoms with Gasteiger partial charge in [0.1, 0.15) is 0 Å². The molecule has 102 valence electrons. The Morgan fingerprint density at radius 2 is 1.79 bits per heavy atom. The summed E-state index contributed by atoms with van der Waals surface area (Å²) in [6.07, 6.45) is 4.21. The van der Waals surface area contributed by atoms with Crippen LogP contribution in [0.25, 0.3) is 10.9 Å². The Balaban J connectivity index is 2.59. The lowest BCUT2D eigenvalue weighted by Crippen LogP contribution is -2.27. The molecule has 0 atom stereocenters. The molecule has 0 spiro atoms. The van der Waals surface area contributed by atoms with Gasteiger partial charge < -0.3 is 10.6 Å². The molecule has 0 bridgehead atoms. The van der Waals surface area contributed by atoms with Crippen molar-refractivity contribution >= 4 is 16.6 Å². The minimum atomic E-state index is 0.539. The van der Waals surface area contributed by atoms with E-state index in [9.17, 15) is 0 Å². The normalized spacial score (nSPS) is 10.9. The van der Waals surface area contributed by atoms with E-state index in [1.165, 1.54) is 11.1 Å². The van der Waals surface area contributed by atoms with E-state index >= 15 is 0 Å². The molecule has 0 aliphatic heterocycles. The highest BCUT2D eigenvalue weighted by Crippen LogP contribution is 2.29. The lowest BCUT2D eigenvalue weighted by atomic mass is 10.1. The Kier molecular flexibility index (Phi) is 4.74. The Bertz CT molecular complexity index is 531. The van der Waals surface area contributed by atoms with Gasteiger partial charge in [-0.05, 0) is 18.9 Å². The van der Waals surface area contributed by atoms with Crippen molar-refractivity contribution in [3.63, 3.8) is 0 Å². The van der Waals surface area contributed by atoms with Gasteiger partial charge in [-0.1, -0.05) is 32.0 Å². The Hall–Kier alpha value is -1.61. The molecule has 2 N–H and O–H groups in total. The molecule has 0 fully saturated rings. The van der Waals surface area contributed by atoms with E-state index in [2.05, 4.69) is 41.9 Å². The highest BCUT2D eigenvalue weighted by Gasteiger charge is 2.13. The molecule has 1 heterocycles. The minimum absolute atomic E-state index is 0.539. The quantitative estimate of drug-likeness (QED) is 0.863. The number of benzene rings is 1. The maximum Gasteiger partial charge on any atom is 0.0723 e. The number of nitrogens with zero attached hydrogens (tertiary/aromatic N) is 2. The first-order valence-electron chi connectivity index (χ1n) is 7.13. The smallest absolute Gasteiger partial charge is 0.0723 e. The van der Waals surface area contributed by atoms with Gasteiger partial charge in [-0.3, -0.25) is 4.98 Å². The van der Waals surface area contributed by atoms with Crippen LogP contribution in [0.1, 0.15) is 32.3 Å². The molecular weight excluding hydrogens is 234 g/mol. The number of hydrogen-bond donors (Lipinski definition) is 1. The molecule has 3 nitrogen and oxygen atoms in total. The molecule has 1 aromatic heterocycles. The SMILES string of the molecule is CCCN(CCC)c1c(CN)cnc2ccccc12. The average molecular weight is 257 g/mol. The first-order chi connectivity index (χ1) is 9.31. The van der Waals surface area contributed by atoms with Crippen LogP contribution < -0.4 is 10.6 Å². The van der Waals surface area contributed by atoms with Crippen LogP contribution >= 0.6 is 0 Å². The van der Waals surface area contributed by atoms with Crippen LogP contribution in [0.15, 0.2) is 30.5 Å². The van der Waals surface area contributed by atoms with Crippen LogP contribution in [0.2, 0.25) is 0 Å². The summed E-state index contributed by atoms with van der Waals surface area (Å²) in [5, 5.41) is 1.22. The molecular formula is C16H23N3. The van der Waals surface area contributed by atoms with Crippen molar-refractivity contribution in [3.05, 3.63) is 36.0 Å².